The highest BCUT2D eigenvalue weighted by molar-refractivity contribution is 9.10. The van der Waals surface area contributed by atoms with Gasteiger partial charge in [0.2, 0.25) is 4.73 Å². The first-order chi connectivity index (χ1) is 11.4. The number of hydrogen-bond acceptors (Lipinski definition) is 9. The van der Waals surface area contributed by atoms with E-state index < -0.39 is 32.4 Å². The molecule has 2 aromatic rings. The number of hydrogen-bond donors (Lipinski definition) is 2. The highest BCUT2D eigenvalue weighted by atomic mass is 79.9. The maximum absolute atomic E-state index is 11.7. The monoisotopic (exact) mass is 421 g/mol. The highest BCUT2D eigenvalue weighted by Crippen LogP contribution is 2.53. The molecule has 13 heteroatoms. The molecule has 0 amide bonds. The van der Waals surface area contributed by atoms with Gasteiger partial charge in [-0.1, -0.05) is 0 Å². The Bertz CT molecular complexity index is 848. The largest absolute Gasteiger partial charge is 0.472 e. The first-order valence-electron chi connectivity index (χ1n) is 6.89. The van der Waals surface area contributed by atoms with E-state index in [4.69, 9.17) is 24.3 Å². The van der Waals surface area contributed by atoms with Crippen LogP contribution in [0.2, 0.25) is 0 Å². The van der Waals surface area contributed by atoms with E-state index in [1.165, 1.54) is 13.4 Å². The second kappa shape index (κ2) is 5.70. The second-order valence-corrected chi connectivity index (χ2v) is 7.42. The maximum Gasteiger partial charge on any atom is 0.472 e. The number of aromatic nitrogens is 4. The fourth-order valence-electron chi connectivity index (χ4n) is 2.89. The zero-order valence-electron chi connectivity index (χ0n) is 12.3. The average Bonchev–Trinajstić information content (AvgIpc) is 3.06. The summed E-state index contributed by atoms with van der Waals surface area (Å²) < 4.78 is 34.9. The number of halogens is 1. The molecule has 5 atom stereocenters. The molecular formula is C11H13BrN5O6P. The Morgan fingerprint density at radius 3 is 3.08 bits per heavy atom. The zero-order valence-corrected chi connectivity index (χ0v) is 14.8. The van der Waals surface area contributed by atoms with Gasteiger partial charge < -0.3 is 20.1 Å². The van der Waals surface area contributed by atoms with Crippen LogP contribution >= 0.6 is 23.8 Å². The van der Waals surface area contributed by atoms with Gasteiger partial charge in [-0.15, -0.1) is 0 Å². The van der Waals surface area contributed by atoms with Crippen LogP contribution in [0.25, 0.3) is 11.2 Å². The first kappa shape index (κ1) is 16.3. The van der Waals surface area contributed by atoms with Crippen LogP contribution in [0.15, 0.2) is 11.1 Å². The summed E-state index contributed by atoms with van der Waals surface area (Å²) in [6.07, 6.45) is -1.17. The number of imidazole rings is 1. The molecule has 2 aliphatic rings. The molecular weight excluding hydrogens is 409 g/mol. The molecule has 24 heavy (non-hydrogen) atoms. The van der Waals surface area contributed by atoms with Crippen LogP contribution < -0.4 is 5.73 Å². The summed E-state index contributed by atoms with van der Waals surface area (Å²) in [6, 6.07) is 0. The van der Waals surface area contributed by atoms with Gasteiger partial charge >= 0.3 is 7.82 Å². The van der Waals surface area contributed by atoms with Gasteiger partial charge in [-0.2, -0.15) is 0 Å². The van der Waals surface area contributed by atoms with Gasteiger partial charge in [0.1, 0.15) is 23.8 Å². The van der Waals surface area contributed by atoms with Gasteiger partial charge in [-0.3, -0.25) is 13.6 Å². The number of anilines is 1. The summed E-state index contributed by atoms with van der Waals surface area (Å²) in [6.45, 7) is -0.0811. The number of phosphoric acid groups is 1. The molecule has 3 N–H and O–H groups in total. The number of fused-ring (bicyclic) bond motifs is 2. The lowest BCUT2D eigenvalue weighted by Gasteiger charge is -2.29. The van der Waals surface area contributed by atoms with Gasteiger partial charge in [0.15, 0.2) is 17.7 Å². The van der Waals surface area contributed by atoms with Gasteiger partial charge in [0.05, 0.1) is 12.9 Å². The van der Waals surface area contributed by atoms with Crippen LogP contribution in [0.3, 0.4) is 0 Å². The summed E-state index contributed by atoms with van der Waals surface area (Å²) >= 11 is 3.19. The van der Waals surface area contributed by atoms with Crippen molar-refractivity contribution in [3.63, 3.8) is 0 Å². The van der Waals surface area contributed by atoms with E-state index in [2.05, 4.69) is 30.9 Å². The minimum absolute atomic E-state index is 0.0811. The van der Waals surface area contributed by atoms with Crippen molar-refractivity contribution < 1.29 is 28.0 Å². The van der Waals surface area contributed by atoms with E-state index in [-0.39, 0.29) is 12.4 Å². The van der Waals surface area contributed by atoms with Crippen molar-refractivity contribution in [3.8, 4) is 0 Å². The van der Waals surface area contributed by atoms with Crippen molar-refractivity contribution in [2.75, 3.05) is 19.5 Å². The van der Waals surface area contributed by atoms with Crippen LogP contribution in [0.4, 0.5) is 5.82 Å². The van der Waals surface area contributed by atoms with E-state index in [9.17, 15) is 9.46 Å². The Hall–Kier alpha value is -1.14. The maximum atomic E-state index is 11.7. The molecule has 2 aromatic heterocycles. The van der Waals surface area contributed by atoms with Crippen LogP contribution in [0, 0.1) is 0 Å². The minimum atomic E-state index is -4.11. The fraction of sp³-hybridized carbons (Fsp3) is 0.545. The summed E-state index contributed by atoms with van der Waals surface area (Å²) in [5, 5.41) is 0. The Labute approximate surface area is 143 Å². The van der Waals surface area contributed by atoms with Crippen LogP contribution in [0.5, 0.6) is 0 Å². The Kier molecular flexibility index (Phi) is 3.88. The Morgan fingerprint density at radius 1 is 1.54 bits per heavy atom. The standard InChI is InChI=1S/C11H13BrN5O6P/c1-20-7-6-4(2-21-24(18,19)23-6)22-10(7)17-3-14-5-8(13)15-11(12)16-9(5)17/h3-4,6-7,10H,2H2,1H3,(H,18,19)(H2,13,15,16). The third-order valence-electron chi connectivity index (χ3n) is 3.91. The second-order valence-electron chi connectivity index (χ2n) is 5.30. The molecule has 2 fully saturated rings. The van der Waals surface area contributed by atoms with Crippen molar-refractivity contribution in [3.05, 3.63) is 11.1 Å². The van der Waals surface area contributed by atoms with E-state index in [0.29, 0.717) is 15.9 Å². The van der Waals surface area contributed by atoms with Crippen LogP contribution in [-0.4, -0.2) is 56.4 Å². The van der Waals surface area contributed by atoms with E-state index in [1.54, 1.807) is 4.57 Å². The van der Waals surface area contributed by atoms with Crippen LogP contribution in [0.1, 0.15) is 6.23 Å². The van der Waals surface area contributed by atoms with E-state index >= 15 is 0 Å². The lowest BCUT2D eigenvalue weighted by atomic mass is 10.1. The summed E-state index contributed by atoms with van der Waals surface area (Å²) in [5.41, 5.74) is 6.70. The molecule has 4 rings (SSSR count). The molecule has 0 saturated carbocycles. The molecule has 130 valence electrons. The fourth-order valence-corrected chi connectivity index (χ4v) is 4.21. The molecule has 0 radical (unpaired) electrons. The molecule has 4 heterocycles. The van der Waals surface area contributed by atoms with E-state index in [1.807, 2.05) is 0 Å². The van der Waals surface area contributed by atoms with Crippen molar-refractivity contribution in [1.29, 1.82) is 0 Å². The molecule has 0 aliphatic carbocycles. The average molecular weight is 422 g/mol. The Morgan fingerprint density at radius 2 is 2.33 bits per heavy atom. The quantitative estimate of drug-likeness (QED) is 0.522. The molecule has 5 unspecified atom stereocenters. The van der Waals surface area contributed by atoms with Crippen molar-refractivity contribution in [1.82, 2.24) is 19.5 Å². The summed E-state index contributed by atoms with van der Waals surface area (Å²) in [4.78, 5) is 22.0. The number of rotatable bonds is 2. The van der Waals surface area contributed by atoms with Crippen molar-refractivity contribution in [2.24, 2.45) is 0 Å². The number of methoxy groups -OCH3 is 1. The third-order valence-corrected chi connectivity index (χ3v) is 5.25. The molecule has 2 aliphatic heterocycles. The van der Waals surface area contributed by atoms with E-state index in [0.717, 1.165) is 0 Å². The molecule has 0 aromatic carbocycles. The Balaban J connectivity index is 1.76. The molecule has 11 nitrogen and oxygen atoms in total. The molecule has 2 saturated heterocycles. The number of nitrogen functional groups attached to an aromatic ring is 1. The molecule has 0 spiro atoms. The lowest BCUT2D eigenvalue weighted by Crippen LogP contribution is -2.40. The highest BCUT2D eigenvalue weighted by Gasteiger charge is 2.53. The smallest absolute Gasteiger partial charge is 0.382 e. The predicted molar refractivity (Wildman–Crippen MR) is 82.8 cm³/mol. The number of ether oxygens (including phenoxy) is 2. The molecule has 0 bridgehead atoms. The zero-order chi connectivity index (χ0) is 17.1. The summed E-state index contributed by atoms with van der Waals surface area (Å²) in [7, 11) is -2.65. The third kappa shape index (κ3) is 2.54. The number of nitrogens with zero attached hydrogens (tertiary/aromatic N) is 4. The number of nitrogens with two attached hydrogens (primary N) is 1. The lowest BCUT2D eigenvalue weighted by molar-refractivity contribution is -0.0667. The van der Waals surface area contributed by atoms with Crippen molar-refractivity contribution >= 4 is 40.7 Å². The normalized spacial score (nSPS) is 36.1. The van der Waals surface area contributed by atoms with Crippen molar-refractivity contribution in [2.45, 2.75) is 24.5 Å². The van der Waals surface area contributed by atoms with Gasteiger partial charge in [-0.25, -0.2) is 19.5 Å². The van der Waals surface area contributed by atoms with Gasteiger partial charge in [-0.05, 0) is 15.9 Å². The topological polar surface area (TPSA) is 144 Å². The summed E-state index contributed by atoms with van der Waals surface area (Å²) in [5.74, 6) is 0.217. The first-order valence-corrected chi connectivity index (χ1v) is 9.18. The van der Waals surface area contributed by atoms with Gasteiger partial charge in [0, 0.05) is 7.11 Å². The SMILES string of the molecule is COC1C2OP(=O)(O)OCC2OC1n1cnc2c(N)nc(Br)nc21. The predicted octanol–water partition coefficient (Wildman–Crippen LogP) is 0.599. The minimum Gasteiger partial charge on any atom is -0.382 e. The van der Waals surface area contributed by atoms with Gasteiger partial charge in [0.25, 0.3) is 0 Å². The van der Waals surface area contributed by atoms with Crippen LogP contribution in [-0.2, 0) is 23.1 Å². The number of phosphoric ester groups is 1.